The van der Waals surface area contributed by atoms with Crippen molar-refractivity contribution >= 4 is 24.1 Å². The van der Waals surface area contributed by atoms with E-state index in [0.29, 0.717) is 0 Å². The van der Waals surface area contributed by atoms with Gasteiger partial charge < -0.3 is 190 Å². The van der Waals surface area contributed by atoms with E-state index in [2.05, 4.69) is 21.3 Å². The van der Waals surface area contributed by atoms with E-state index in [-0.39, 0.29) is 6.41 Å². The van der Waals surface area contributed by atoms with E-state index in [4.69, 9.17) is 66.3 Å². The van der Waals surface area contributed by atoms with Gasteiger partial charge in [-0.15, -0.1) is 0 Å². The molecule has 0 spiro atoms. The molecule has 0 bridgehead atoms. The fraction of sp³-hybridized carbons (Fsp3) is 0.923. The third-order valence-corrected chi connectivity index (χ3v) is 16.7. The monoisotopic (exact) mass is 1380 g/mol. The van der Waals surface area contributed by atoms with Crippen molar-refractivity contribution in [3.63, 3.8) is 0 Å². The Hall–Kier alpha value is -3.48. The maximum absolute atomic E-state index is 12.7. The molecule has 7 aliphatic heterocycles. The number of hydrogen-bond acceptors (Lipinski definition) is 38. The van der Waals surface area contributed by atoms with Crippen LogP contribution in [0.25, 0.3) is 0 Å². The van der Waals surface area contributed by atoms with E-state index < -0.39 is 298 Å². The van der Waals surface area contributed by atoms with Gasteiger partial charge in [0.25, 0.3) is 0 Å². The van der Waals surface area contributed by atoms with E-state index >= 15 is 0 Å². The number of amides is 4. The summed E-state index contributed by atoms with van der Waals surface area (Å²) >= 11 is 0. The molecule has 0 aliphatic carbocycles. The highest BCUT2D eigenvalue weighted by Crippen LogP contribution is 2.37. The molecule has 94 heavy (non-hydrogen) atoms. The van der Waals surface area contributed by atoms with Gasteiger partial charge in [0, 0.05) is 20.8 Å². The lowest BCUT2D eigenvalue weighted by Crippen LogP contribution is -2.70. The van der Waals surface area contributed by atoms with Gasteiger partial charge in [0.1, 0.15) is 171 Å². The number of nitrogens with one attached hydrogen (secondary N) is 4. The predicted molar refractivity (Wildman–Crippen MR) is 290 cm³/mol. The van der Waals surface area contributed by atoms with Crippen LogP contribution in [0.4, 0.5) is 0 Å². The standard InChI is InChI=1S/C52H88N4O38/c1-14(65)54-25-32(72)28(68)18(5-58)83-47(25)93-44-30(70)19(6-59)84-51(39(44)79)91-41-21(8-61)86-46(26(33(41)73)55-15(2)66)82-12-24-29(69)35(75)37(77)50(89-24)90-42-22(9-62)87-48(27(34(42)74)56-16(3)67)94-45-31(71)20(7-60)85-52(40(45)80)92-43-23(10-63)88-49(38(78)36(43)76)81-11-17(4-57)53-13-64/h13,17-52,57-63,68-80H,4-12H2,1-3H3,(H,53,64)(H,54,65)(H,55,66)(H,56,67)/t17-,18-,19-,20-,21-,22-,23-,24-,25-,26-,27-,28+,29+,30+,31+,32-,33-,34-,35+,36-,37-,38-,39-,40-,41-,42-,43-,44+,45+,46-,47-,48+,49-,50+,51+,52+/m1/s1. The Morgan fingerprint density at radius 2 is 0.681 bits per heavy atom. The largest absolute Gasteiger partial charge is 0.394 e. The molecule has 24 N–H and O–H groups in total. The topological polar surface area (TPSA) is 650 Å². The third-order valence-electron chi connectivity index (χ3n) is 16.7. The van der Waals surface area contributed by atoms with Crippen molar-refractivity contribution in [2.45, 2.75) is 242 Å². The first-order valence-electron chi connectivity index (χ1n) is 29.8. The smallest absolute Gasteiger partial charge is 0.217 e. The van der Waals surface area contributed by atoms with Crippen LogP contribution in [-0.4, -0.2) is 407 Å². The summed E-state index contributed by atoms with van der Waals surface area (Å²) in [6.45, 7) is -4.92. The molecule has 4 amide bonds. The Labute approximate surface area is 533 Å². The van der Waals surface area contributed by atoms with Gasteiger partial charge in [0.2, 0.25) is 24.1 Å². The predicted octanol–water partition coefficient (Wildman–Crippen LogP) is -16.7. The van der Waals surface area contributed by atoms with Gasteiger partial charge in [-0.05, 0) is 0 Å². The lowest BCUT2D eigenvalue weighted by atomic mass is 9.94. The molecular weight excluding hydrogens is 1290 g/mol. The minimum Gasteiger partial charge on any atom is -0.394 e. The highest BCUT2D eigenvalue weighted by atomic mass is 16.8. The quantitative estimate of drug-likeness (QED) is 0.0324. The van der Waals surface area contributed by atoms with Crippen molar-refractivity contribution in [1.29, 1.82) is 0 Å². The molecule has 7 saturated heterocycles. The lowest BCUT2D eigenvalue weighted by Gasteiger charge is -2.50. The average Bonchev–Trinajstić information content (AvgIpc) is 0.787. The third kappa shape index (κ3) is 17.7. The molecule has 7 heterocycles. The summed E-state index contributed by atoms with van der Waals surface area (Å²) in [6, 6.07) is -6.14. The van der Waals surface area contributed by atoms with Gasteiger partial charge in [0.05, 0.1) is 65.5 Å². The van der Waals surface area contributed by atoms with Gasteiger partial charge in [0.15, 0.2) is 44.0 Å². The first-order valence-corrected chi connectivity index (χ1v) is 29.8. The van der Waals surface area contributed by atoms with Crippen molar-refractivity contribution in [1.82, 2.24) is 21.3 Å². The van der Waals surface area contributed by atoms with Crippen LogP contribution in [0.5, 0.6) is 0 Å². The normalized spacial score (nSPS) is 46.4. The first kappa shape index (κ1) is 77.9. The van der Waals surface area contributed by atoms with Gasteiger partial charge in [-0.25, -0.2) is 0 Å². The molecule has 0 aromatic carbocycles. The first-order chi connectivity index (χ1) is 44.6. The van der Waals surface area contributed by atoms with E-state index in [1.54, 1.807) is 0 Å². The van der Waals surface area contributed by atoms with E-state index in [1.807, 2.05) is 0 Å². The number of carbonyl (C=O) groups excluding carboxylic acids is 4. The maximum atomic E-state index is 12.7. The summed E-state index contributed by atoms with van der Waals surface area (Å²) in [6.07, 6.45) is -61.2. The second kappa shape index (κ2) is 35.0. The van der Waals surface area contributed by atoms with E-state index in [0.717, 1.165) is 20.8 Å². The van der Waals surface area contributed by atoms with Crippen LogP contribution in [0.1, 0.15) is 20.8 Å². The molecule has 42 heteroatoms. The highest BCUT2D eigenvalue weighted by molar-refractivity contribution is 5.74. The average molecular weight is 1380 g/mol. The van der Waals surface area contributed by atoms with E-state index in [1.165, 1.54) is 0 Å². The zero-order chi connectivity index (χ0) is 69.3. The van der Waals surface area contributed by atoms with Gasteiger partial charge in [-0.1, -0.05) is 0 Å². The Bertz CT molecular complexity index is 2370. The number of aliphatic hydroxyl groups is 20. The van der Waals surface area contributed by atoms with Crippen LogP contribution in [0.3, 0.4) is 0 Å². The van der Waals surface area contributed by atoms with Crippen molar-refractivity contribution in [2.24, 2.45) is 0 Å². The summed E-state index contributed by atoms with van der Waals surface area (Å²) in [5.74, 6) is -2.49. The summed E-state index contributed by atoms with van der Waals surface area (Å²) in [7, 11) is 0. The van der Waals surface area contributed by atoms with Crippen LogP contribution in [0.15, 0.2) is 0 Å². The summed E-state index contributed by atoms with van der Waals surface area (Å²) in [4.78, 5) is 48.4. The zero-order valence-corrected chi connectivity index (χ0v) is 50.5. The Morgan fingerprint density at radius 1 is 0.351 bits per heavy atom. The molecule has 7 rings (SSSR count). The molecule has 0 radical (unpaired) electrons. The Balaban J connectivity index is 1.03. The number of hydrogen-bond donors (Lipinski definition) is 24. The fourth-order valence-corrected chi connectivity index (χ4v) is 11.7. The fourth-order valence-electron chi connectivity index (χ4n) is 11.7. The lowest BCUT2D eigenvalue weighted by molar-refractivity contribution is -0.382. The molecule has 7 aliphatic rings. The van der Waals surface area contributed by atoms with Crippen LogP contribution >= 0.6 is 0 Å². The molecule has 544 valence electrons. The number of ether oxygens (including phenoxy) is 14. The molecular formula is C52H88N4O38. The molecule has 0 unspecified atom stereocenters. The number of aliphatic hydroxyl groups excluding tert-OH is 20. The van der Waals surface area contributed by atoms with Crippen LogP contribution in [0.2, 0.25) is 0 Å². The highest BCUT2D eigenvalue weighted by Gasteiger charge is 2.59. The number of carbonyl (C=O) groups is 4. The zero-order valence-electron chi connectivity index (χ0n) is 50.5. The number of rotatable bonds is 28. The van der Waals surface area contributed by atoms with Crippen LogP contribution in [0, 0.1) is 0 Å². The van der Waals surface area contributed by atoms with Crippen molar-refractivity contribution in [3.8, 4) is 0 Å². The Kier molecular flexibility index (Phi) is 29.0. The Morgan fingerprint density at radius 3 is 1.11 bits per heavy atom. The maximum Gasteiger partial charge on any atom is 0.217 e. The molecule has 42 nitrogen and oxygen atoms in total. The molecule has 0 aromatic heterocycles. The summed E-state index contributed by atoms with van der Waals surface area (Å²) in [5.41, 5.74) is 0. The van der Waals surface area contributed by atoms with Crippen molar-refractivity contribution in [3.05, 3.63) is 0 Å². The van der Waals surface area contributed by atoms with Gasteiger partial charge in [-0.2, -0.15) is 0 Å². The van der Waals surface area contributed by atoms with Gasteiger partial charge in [-0.3, -0.25) is 19.2 Å². The second-order valence-electron chi connectivity index (χ2n) is 23.3. The SMILES string of the molecule is CC(=O)N[C@H]1[C@H](O[C@H]2[C@@H](O)[C@@H](CO)O[C@@H](O[C@H]3[C@H](O)[C@@H](O)[C@H](OC[C@@H](CO)NC=O)O[C@@H]3CO)[C@@H]2O)O[C@H](CO)[C@@H](O[C@@H]2O[C@H](CO[C@@H]3O[C@H](CO)[C@@H](O[C@@H]4O[C@H](CO)[C@H](O)[C@H](O[C@H]5O[C@H](CO)[C@H](O)[C@H](O)[C@H]5NC(C)=O)[C@H]4O)[C@H](O)[C@H]3NC(C)=O)[C@H](O)[C@H](O)[C@H]2O)[C@@H]1O. The molecule has 7 fully saturated rings. The molecule has 0 saturated carbocycles. The van der Waals surface area contributed by atoms with Crippen LogP contribution in [-0.2, 0) is 85.5 Å². The summed E-state index contributed by atoms with van der Waals surface area (Å²) in [5, 5.41) is 227. The van der Waals surface area contributed by atoms with Crippen molar-refractivity contribution < 1.29 is 188 Å². The molecule has 0 aromatic rings. The van der Waals surface area contributed by atoms with Crippen molar-refractivity contribution in [2.75, 3.05) is 59.5 Å². The minimum absolute atomic E-state index is 0.268. The minimum atomic E-state index is -2.22. The van der Waals surface area contributed by atoms with E-state index in [9.17, 15) is 121 Å². The summed E-state index contributed by atoms with van der Waals surface area (Å²) < 4.78 is 80.8. The van der Waals surface area contributed by atoms with Gasteiger partial charge >= 0.3 is 0 Å². The molecule has 36 atom stereocenters. The second-order valence-corrected chi connectivity index (χ2v) is 23.3. The van der Waals surface area contributed by atoms with Crippen LogP contribution < -0.4 is 21.3 Å².